The van der Waals surface area contributed by atoms with Crippen LogP contribution in [0.15, 0.2) is 42.5 Å². The highest BCUT2D eigenvalue weighted by Crippen LogP contribution is 2.43. The van der Waals surface area contributed by atoms with Crippen LogP contribution in [0.4, 0.5) is 4.39 Å². The second kappa shape index (κ2) is 7.24. The Morgan fingerprint density at radius 1 is 1.17 bits per heavy atom. The molecule has 0 aliphatic carbocycles. The van der Waals surface area contributed by atoms with E-state index in [4.69, 9.17) is 14.0 Å². The van der Waals surface area contributed by atoms with Gasteiger partial charge in [0.05, 0.1) is 17.3 Å². The van der Waals surface area contributed by atoms with Crippen LogP contribution in [0, 0.1) is 5.82 Å². The summed E-state index contributed by atoms with van der Waals surface area (Å²) < 4.78 is 33.8. The summed E-state index contributed by atoms with van der Waals surface area (Å²) in [4.78, 5) is 11.3. The molecule has 0 amide bonds. The third kappa shape index (κ3) is 3.37. The Kier molecular flexibility index (Phi) is 5.01. The van der Waals surface area contributed by atoms with E-state index in [2.05, 4.69) is 0 Å². The Labute approximate surface area is 169 Å². The van der Waals surface area contributed by atoms with Crippen molar-refractivity contribution in [2.75, 3.05) is 6.61 Å². The number of benzene rings is 2. The molecule has 2 aromatic carbocycles. The Morgan fingerprint density at radius 2 is 1.93 bits per heavy atom. The molecule has 2 saturated heterocycles. The number of aromatic carboxylic acids is 1. The zero-order valence-electron chi connectivity index (χ0n) is 16.8. The summed E-state index contributed by atoms with van der Waals surface area (Å²) in [7, 11) is -0.873. The normalized spacial score (nSPS) is 26.1. The van der Waals surface area contributed by atoms with Crippen molar-refractivity contribution in [3.8, 4) is 11.1 Å². The van der Waals surface area contributed by atoms with E-state index in [9.17, 15) is 9.90 Å². The molecule has 0 spiro atoms. The molecule has 0 radical (unpaired) electrons. The maximum Gasteiger partial charge on any atom is 0.497 e. The predicted octanol–water partition coefficient (Wildman–Crippen LogP) is 3.65. The van der Waals surface area contributed by atoms with Gasteiger partial charge in [-0.05, 0) is 51.3 Å². The highest BCUT2D eigenvalue weighted by Gasteiger charge is 2.59. The lowest BCUT2D eigenvalue weighted by Gasteiger charge is -2.40. The second-order valence-electron chi connectivity index (χ2n) is 8.28. The van der Waals surface area contributed by atoms with Gasteiger partial charge in [0.15, 0.2) is 0 Å². The molecule has 29 heavy (non-hydrogen) atoms. The van der Waals surface area contributed by atoms with E-state index >= 15 is 4.39 Å². The van der Waals surface area contributed by atoms with Crippen LogP contribution in [-0.2, 0) is 14.0 Å². The third-order valence-electron chi connectivity index (χ3n) is 6.20. The lowest BCUT2D eigenvalue weighted by atomic mass is 9.77. The van der Waals surface area contributed by atoms with Gasteiger partial charge in [-0.25, -0.2) is 9.18 Å². The number of rotatable bonds is 4. The first-order chi connectivity index (χ1) is 13.7. The lowest BCUT2D eigenvalue weighted by Crippen LogP contribution is -2.53. The average molecular weight is 398 g/mol. The minimum absolute atomic E-state index is 0.104. The SMILES string of the molecule is CC1(C)OB(c2cccc(-c3cccc(C(=O)O)c3)c2F)OC1(C)C1CCCO1. The van der Waals surface area contributed by atoms with Gasteiger partial charge in [0.25, 0.3) is 0 Å². The minimum atomic E-state index is -1.06. The standard InChI is InChI=1S/C22H24BFO5/c1-21(2)22(3,18-11-6-12-27-18)29-23(28-21)17-10-5-9-16(19(17)24)14-7-4-8-15(13-14)20(25)26/h4-5,7-10,13,18H,6,11-12H2,1-3H3,(H,25,26). The molecule has 2 aliphatic rings. The molecule has 5 nitrogen and oxygen atoms in total. The quantitative estimate of drug-likeness (QED) is 0.797. The van der Waals surface area contributed by atoms with Crippen molar-refractivity contribution >= 4 is 18.6 Å². The molecule has 1 N–H and O–H groups in total. The van der Waals surface area contributed by atoms with Gasteiger partial charge in [0.2, 0.25) is 0 Å². The summed E-state index contributed by atoms with van der Waals surface area (Å²) in [5, 5.41) is 9.23. The summed E-state index contributed by atoms with van der Waals surface area (Å²) in [6.45, 7) is 6.52. The van der Waals surface area contributed by atoms with Crippen molar-refractivity contribution in [1.29, 1.82) is 0 Å². The number of hydrogen-bond donors (Lipinski definition) is 1. The highest BCUT2D eigenvalue weighted by molar-refractivity contribution is 6.62. The first-order valence-electron chi connectivity index (χ1n) is 9.82. The van der Waals surface area contributed by atoms with Crippen molar-refractivity contribution < 1.29 is 28.3 Å². The van der Waals surface area contributed by atoms with Crippen LogP contribution in [0.2, 0.25) is 0 Å². The summed E-state index contributed by atoms with van der Waals surface area (Å²) >= 11 is 0. The maximum atomic E-state index is 15.5. The second-order valence-corrected chi connectivity index (χ2v) is 8.28. The van der Waals surface area contributed by atoms with E-state index in [1.54, 1.807) is 30.3 Å². The fourth-order valence-corrected chi connectivity index (χ4v) is 4.15. The zero-order chi connectivity index (χ0) is 20.8. The molecule has 2 aromatic rings. The van der Waals surface area contributed by atoms with E-state index in [0.29, 0.717) is 17.7 Å². The molecule has 0 aromatic heterocycles. The maximum absolute atomic E-state index is 15.5. The number of hydrogen-bond acceptors (Lipinski definition) is 4. The topological polar surface area (TPSA) is 65.0 Å². The first kappa shape index (κ1) is 20.1. The van der Waals surface area contributed by atoms with E-state index < -0.39 is 30.1 Å². The van der Waals surface area contributed by atoms with Crippen molar-refractivity contribution in [2.45, 2.75) is 50.9 Å². The molecule has 2 aliphatic heterocycles. The van der Waals surface area contributed by atoms with Gasteiger partial charge < -0.3 is 19.2 Å². The molecule has 0 bridgehead atoms. The summed E-state index contributed by atoms with van der Waals surface area (Å²) in [5.41, 5.74) is -0.187. The van der Waals surface area contributed by atoms with Crippen molar-refractivity contribution in [1.82, 2.24) is 0 Å². The first-order valence-corrected chi connectivity index (χ1v) is 9.82. The third-order valence-corrected chi connectivity index (χ3v) is 6.20. The Bertz CT molecular complexity index is 941. The predicted molar refractivity (Wildman–Crippen MR) is 108 cm³/mol. The van der Waals surface area contributed by atoms with Gasteiger partial charge >= 0.3 is 13.1 Å². The fraction of sp³-hybridized carbons (Fsp3) is 0.409. The number of carbonyl (C=O) groups is 1. The van der Waals surface area contributed by atoms with Gasteiger partial charge in [-0.1, -0.05) is 30.3 Å². The van der Waals surface area contributed by atoms with Crippen LogP contribution < -0.4 is 5.46 Å². The van der Waals surface area contributed by atoms with Gasteiger partial charge in [-0.15, -0.1) is 0 Å². The molecule has 2 heterocycles. The fourth-order valence-electron chi connectivity index (χ4n) is 4.15. The Hall–Kier alpha value is -2.22. The molecular formula is C22H24BFO5. The van der Waals surface area contributed by atoms with Crippen LogP contribution in [0.25, 0.3) is 11.1 Å². The molecule has 7 heteroatoms. The number of carboxylic acids is 1. The van der Waals surface area contributed by atoms with Crippen molar-refractivity contribution in [3.05, 3.63) is 53.8 Å². The van der Waals surface area contributed by atoms with Crippen molar-refractivity contribution in [3.63, 3.8) is 0 Å². The molecule has 152 valence electrons. The lowest BCUT2D eigenvalue weighted by molar-refractivity contribution is -0.104. The van der Waals surface area contributed by atoms with Crippen LogP contribution in [0.1, 0.15) is 44.0 Å². The van der Waals surface area contributed by atoms with E-state index in [1.807, 2.05) is 20.8 Å². The van der Waals surface area contributed by atoms with Crippen LogP contribution in [-0.4, -0.2) is 42.1 Å². The minimum Gasteiger partial charge on any atom is -0.478 e. The molecule has 2 atom stereocenters. The van der Waals surface area contributed by atoms with E-state index in [-0.39, 0.29) is 17.1 Å². The molecule has 4 rings (SSSR count). The molecule has 2 fully saturated rings. The van der Waals surface area contributed by atoms with Gasteiger partial charge in [-0.3, -0.25) is 0 Å². The molecular weight excluding hydrogens is 374 g/mol. The van der Waals surface area contributed by atoms with Crippen LogP contribution >= 0.6 is 0 Å². The average Bonchev–Trinajstić information content (AvgIpc) is 3.30. The number of carboxylic acid groups (broad SMARTS) is 1. The molecule has 2 unspecified atom stereocenters. The zero-order valence-corrected chi connectivity index (χ0v) is 16.8. The Morgan fingerprint density at radius 3 is 2.62 bits per heavy atom. The van der Waals surface area contributed by atoms with Gasteiger partial charge in [0.1, 0.15) is 11.4 Å². The van der Waals surface area contributed by atoms with Crippen LogP contribution in [0.3, 0.4) is 0 Å². The smallest absolute Gasteiger partial charge is 0.478 e. The molecule has 0 saturated carbocycles. The number of ether oxygens (including phenoxy) is 1. The van der Waals surface area contributed by atoms with Crippen LogP contribution in [0.5, 0.6) is 0 Å². The van der Waals surface area contributed by atoms with Gasteiger partial charge in [-0.2, -0.15) is 0 Å². The van der Waals surface area contributed by atoms with Crippen molar-refractivity contribution in [2.24, 2.45) is 0 Å². The summed E-state index contributed by atoms with van der Waals surface area (Å²) in [6.07, 6.45) is 1.73. The Balaban J connectivity index is 1.69. The number of halogens is 1. The monoisotopic (exact) mass is 398 g/mol. The highest BCUT2D eigenvalue weighted by atomic mass is 19.1. The largest absolute Gasteiger partial charge is 0.497 e. The van der Waals surface area contributed by atoms with Gasteiger partial charge in [0, 0.05) is 17.6 Å². The van der Waals surface area contributed by atoms with E-state index in [0.717, 1.165) is 12.8 Å². The van der Waals surface area contributed by atoms with E-state index in [1.165, 1.54) is 12.1 Å². The summed E-state index contributed by atoms with van der Waals surface area (Å²) in [5.74, 6) is -1.53. The summed E-state index contributed by atoms with van der Waals surface area (Å²) in [6, 6.07) is 11.2.